The number of aromatic nitrogens is 2. The topological polar surface area (TPSA) is 76.4 Å². The number of aliphatic hydroxyl groups excluding tert-OH is 1. The molecule has 1 saturated carbocycles. The molecular formula is C22H23N3O3. The van der Waals surface area contributed by atoms with Crippen LogP contribution < -0.4 is 10.1 Å². The smallest absolute Gasteiger partial charge is 0.251 e. The Morgan fingerprint density at radius 1 is 1.29 bits per heavy atom. The monoisotopic (exact) mass is 377 g/mol. The summed E-state index contributed by atoms with van der Waals surface area (Å²) in [5.41, 5.74) is 4.19. The van der Waals surface area contributed by atoms with E-state index in [0.29, 0.717) is 23.3 Å². The van der Waals surface area contributed by atoms with Gasteiger partial charge in [0.1, 0.15) is 17.1 Å². The fraction of sp³-hybridized carbons (Fsp3) is 0.364. The van der Waals surface area contributed by atoms with E-state index < -0.39 is 12.2 Å². The molecule has 5 rings (SSSR count). The lowest BCUT2D eigenvalue weighted by Crippen LogP contribution is -2.25. The Morgan fingerprint density at radius 3 is 2.86 bits per heavy atom. The maximum absolute atomic E-state index is 12.7. The van der Waals surface area contributed by atoms with E-state index in [1.54, 1.807) is 6.07 Å². The zero-order valence-corrected chi connectivity index (χ0v) is 16.0. The number of carbonyl (C=O) groups excluding carboxylic acids is 1. The van der Waals surface area contributed by atoms with E-state index in [1.165, 1.54) is 0 Å². The number of nitrogens with zero attached hydrogens (tertiary/aromatic N) is 2. The fourth-order valence-electron chi connectivity index (χ4n) is 3.91. The summed E-state index contributed by atoms with van der Waals surface area (Å²) in [6.45, 7) is 1.92. The first-order valence-electron chi connectivity index (χ1n) is 9.71. The number of nitrogens with one attached hydrogen (secondary N) is 1. The Hall–Kier alpha value is -2.86. The van der Waals surface area contributed by atoms with E-state index in [4.69, 9.17) is 4.74 Å². The highest BCUT2D eigenvalue weighted by Gasteiger charge is 2.33. The van der Waals surface area contributed by atoms with Gasteiger partial charge >= 0.3 is 0 Å². The molecule has 1 fully saturated rings. The predicted molar refractivity (Wildman–Crippen MR) is 105 cm³/mol. The normalized spacial score (nSPS) is 21.0. The van der Waals surface area contributed by atoms with E-state index in [0.717, 1.165) is 35.3 Å². The highest BCUT2D eigenvalue weighted by atomic mass is 16.5. The quantitative estimate of drug-likeness (QED) is 0.733. The number of amides is 1. The lowest BCUT2D eigenvalue weighted by molar-refractivity contribution is 0.0504. The Labute approximate surface area is 163 Å². The Kier molecular flexibility index (Phi) is 3.91. The third-order valence-corrected chi connectivity index (χ3v) is 5.74. The molecule has 0 saturated heterocycles. The van der Waals surface area contributed by atoms with E-state index in [-0.39, 0.29) is 11.9 Å². The minimum atomic E-state index is -0.624. The summed E-state index contributed by atoms with van der Waals surface area (Å²) in [4.78, 5) is 17.3. The Bertz CT molecular complexity index is 1080. The number of aryl methyl sites for hydroxylation is 2. The van der Waals surface area contributed by atoms with Crippen LogP contribution in [0.15, 0.2) is 36.4 Å². The third kappa shape index (κ3) is 2.85. The summed E-state index contributed by atoms with van der Waals surface area (Å²) in [6, 6.07) is 11.8. The zero-order valence-electron chi connectivity index (χ0n) is 16.0. The summed E-state index contributed by atoms with van der Waals surface area (Å²) < 4.78 is 8.25. The highest BCUT2D eigenvalue weighted by molar-refractivity contribution is 5.99. The number of fused-ring (bicyclic) bond motifs is 2. The van der Waals surface area contributed by atoms with E-state index in [2.05, 4.69) is 10.3 Å². The molecule has 1 heterocycles. The van der Waals surface area contributed by atoms with Crippen molar-refractivity contribution in [2.45, 2.75) is 44.4 Å². The van der Waals surface area contributed by atoms with Crippen LogP contribution in [0.3, 0.4) is 0 Å². The molecule has 0 aliphatic heterocycles. The molecule has 6 heteroatoms. The summed E-state index contributed by atoms with van der Waals surface area (Å²) in [5.74, 6) is 1.27. The first-order valence-corrected chi connectivity index (χ1v) is 9.71. The Balaban J connectivity index is 1.57. The van der Waals surface area contributed by atoms with Gasteiger partial charge in [0.15, 0.2) is 6.10 Å². The van der Waals surface area contributed by atoms with Crippen molar-refractivity contribution in [1.82, 2.24) is 14.9 Å². The summed E-state index contributed by atoms with van der Waals surface area (Å²) >= 11 is 0. The van der Waals surface area contributed by atoms with Gasteiger partial charge in [0.05, 0.1) is 11.6 Å². The number of aliphatic hydroxyl groups is 1. The SMILES string of the molecule is Cc1nc2c(OC3c4ccccc4CC3O)cc(C(=O)NC3CC3)cc2n1C. The number of benzene rings is 2. The van der Waals surface area contributed by atoms with Gasteiger partial charge in [-0.2, -0.15) is 0 Å². The number of imidazole rings is 1. The molecule has 6 nitrogen and oxygen atoms in total. The molecule has 3 aromatic rings. The van der Waals surface area contributed by atoms with Crippen LogP contribution in [-0.4, -0.2) is 32.7 Å². The maximum Gasteiger partial charge on any atom is 0.251 e. The van der Waals surface area contributed by atoms with E-state index in [9.17, 15) is 9.90 Å². The minimum Gasteiger partial charge on any atom is -0.481 e. The number of carbonyl (C=O) groups is 1. The van der Waals surface area contributed by atoms with Gasteiger partial charge in [-0.25, -0.2) is 4.98 Å². The molecule has 28 heavy (non-hydrogen) atoms. The molecule has 2 N–H and O–H groups in total. The average molecular weight is 377 g/mol. The van der Waals surface area contributed by atoms with Crippen molar-refractivity contribution in [3.63, 3.8) is 0 Å². The van der Waals surface area contributed by atoms with Gasteiger partial charge in [-0.1, -0.05) is 24.3 Å². The minimum absolute atomic E-state index is 0.0968. The third-order valence-electron chi connectivity index (χ3n) is 5.74. The summed E-state index contributed by atoms with van der Waals surface area (Å²) in [7, 11) is 1.93. The molecule has 1 aromatic heterocycles. The second-order valence-electron chi connectivity index (χ2n) is 7.82. The van der Waals surface area contributed by atoms with Gasteiger partial charge in [-0.05, 0) is 43.0 Å². The van der Waals surface area contributed by atoms with E-state index >= 15 is 0 Å². The van der Waals surface area contributed by atoms with Crippen molar-refractivity contribution in [3.8, 4) is 5.75 Å². The first kappa shape index (κ1) is 17.3. The van der Waals surface area contributed by atoms with Crippen LogP contribution in [0, 0.1) is 6.92 Å². The van der Waals surface area contributed by atoms with Gasteiger partial charge in [-0.3, -0.25) is 4.79 Å². The maximum atomic E-state index is 12.7. The molecule has 2 aliphatic carbocycles. The van der Waals surface area contributed by atoms with Crippen LogP contribution in [0.25, 0.3) is 11.0 Å². The Morgan fingerprint density at radius 2 is 2.07 bits per heavy atom. The van der Waals surface area contributed by atoms with Crippen molar-refractivity contribution in [2.24, 2.45) is 7.05 Å². The molecule has 0 bridgehead atoms. The number of hydrogen-bond donors (Lipinski definition) is 2. The molecule has 2 atom stereocenters. The molecule has 0 spiro atoms. The van der Waals surface area contributed by atoms with Gasteiger partial charge in [0.25, 0.3) is 5.91 Å². The first-order chi connectivity index (χ1) is 13.5. The van der Waals surface area contributed by atoms with Crippen LogP contribution in [0.5, 0.6) is 5.75 Å². The second kappa shape index (κ2) is 6.34. The van der Waals surface area contributed by atoms with Crippen molar-refractivity contribution >= 4 is 16.9 Å². The van der Waals surface area contributed by atoms with Crippen LogP contribution in [0.1, 0.15) is 46.3 Å². The van der Waals surface area contributed by atoms with Crippen LogP contribution in [0.4, 0.5) is 0 Å². The number of ether oxygens (including phenoxy) is 1. The van der Waals surface area contributed by atoms with Gasteiger partial charge in [0.2, 0.25) is 0 Å². The highest BCUT2D eigenvalue weighted by Crippen LogP contribution is 2.38. The molecular weight excluding hydrogens is 354 g/mol. The standard InChI is InChI=1S/C22H23N3O3/c1-12-23-20-17(25(12)2)9-14(22(27)24-15-7-8-15)11-19(20)28-21-16-6-4-3-5-13(16)10-18(21)26/h3-6,9,11,15,18,21,26H,7-8,10H2,1-2H3,(H,24,27). The van der Waals surface area contributed by atoms with Crippen molar-refractivity contribution in [3.05, 3.63) is 58.9 Å². The van der Waals surface area contributed by atoms with Crippen molar-refractivity contribution in [1.29, 1.82) is 0 Å². The lowest BCUT2D eigenvalue weighted by Gasteiger charge is -2.19. The summed E-state index contributed by atoms with van der Waals surface area (Å²) in [5, 5.41) is 13.6. The van der Waals surface area contributed by atoms with Crippen LogP contribution in [0.2, 0.25) is 0 Å². The second-order valence-corrected chi connectivity index (χ2v) is 7.82. The van der Waals surface area contributed by atoms with Gasteiger partial charge < -0.3 is 19.7 Å². The molecule has 2 unspecified atom stereocenters. The van der Waals surface area contributed by atoms with Gasteiger partial charge in [0, 0.05) is 25.1 Å². The lowest BCUT2D eigenvalue weighted by atomic mass is 10.1. The molecule has 0 radical (unpaired) electrons. The molecule has 144 valence electrons. The van der Waals surface area contributed by atoms with Gasteiger partial charge in [-0.15, -0.1) is 0 Å². The van der Waals surface area contributed by atoms with Crippen LogP contribution in [-0.2, 0) is 13.5 Å². The van der Waals surface area contributed by atoms with Crippen molar-refractivity contribution in [2.75, 3.05) is 0 Å². The van der Waals surface area contributed by atoms with Crippen molar-refractivity contribution < 1.29 is 14.6 Å². The molecule has 1 amide bonds. The summed E-state index contributed by atoms with van der Waals surface area (Å²) in [6.07, 6.45) is 1.54. The van der Waals surface area contributed by atoms with Crippen LogP contribution >= 0.6 is 0 Å². The number of rotatable bonds is 4. The molecule has 2 aliphatic rings. The zero-order chi connectivity index (χ0) is 19.4. The molecule has 2 aromatic carbocycles. The number of hydrogen-bond acceptors (Lipinski definition) is 4. The largest absolute Gasteiger partial charge is 0.481 e. The predicted octanol–water partition coefficient (Wildman–Crippen LogP) is 2.81. The fourth-order valence-corrected chi connectivity index (χ4v) is 3.91. The average Bonchev–Trinajstić information content (AvgIpc) is 3.38. The van der Waals surface area contributed by atoms with E-state index in [1.807, 2.05) is 48.9 Å².